The summed E-state index contributed by atoms with van der Waals surface area (Å²) in [6.45, 7) is 1.92. The minimum atomic E-state index is -0.311. The minimum absolute atomic E-state index is 0.0856. The number of halogens is 1. The normalized spacial score (nSPS) is 13.9. The number of anilines is 1. The SMILES string of the molecule is COc1ccccc1-c1cc(=O)n(CC(=O)N2CCN(c3ccccc3F)CC2)cn1. The van der Waals surface area contributed by atoms with E-state index in [4.69, 9.17) is 4.74 Å². The van der Waals surface area contributed by atoms with Crippen molar-refractivity contribution in [3.05, 3.63) is 77.1 Å². The molecule has 2 heterocycles. The van der Waals surface area contributed by atoms with Crippen LogP contribution in [0.25, 0.3) is 11.3 Å². The molecule has 0 saturated carbocycles. The maximum atomic E-state index is 14.0. The second-order valence-electron chi connectivity index (χ2n) is 7.26. The van der Waals surface area contributed by atoms with Gasteiger partial charge in [0.05, 0.1) is 24.8 Å². The van der Waals surface area contributed by atoms with Gasteiger partial charge in [-0.25, -0.2) is 9.37 Å². The maximum absolute atomic E-state index is 14.0. The molecular formula is C23H23FN4O3. The van der Waals surface area contributed by atoms with Crippen LogP contribution >= 0.6 is 0 Å². The Bertz CT molecular complexity index is 1140. The Kier molecular flexibility index (Phi) is 5.97. The third kappa shape index (κ3) is 4.42. The molecule has 160 valence electrons. The Labute approximate surface area is 179 Å². The predicted molar refractivity (Wildman–Crippen MR) is 116 cm³/mol. The van der Waals surface area contributed by atoms with Gasteiger partial charge in [0.25, 0.3) is 5.56 Å². The number of piperazine rings is 1. The standard InChI is InChI=1S/C23H23FN4O3/c1-31-21-9-5-2-6-17(21)19-14-22(29)28(16-25-19)15-23(30)27-12-10-26(11-13-27)20-8-4-3-7-18(20)24/h2-9,14,16H,10-13,15H2,1H3. The molecule has 1 aromatic heterocycles. The molecule has 0 atom stereocenters. The lowest BCUT2D eigenvalue weighted by atomic mass is 10.1. The molecular weight excluding hydrogens is 399 g/mol. The first-order valence-electron chi connectivity index (χ1n) is 10.0. The zero-order valence-corrected chi connectivity index (χ0v) is 17.2. The number of amides is 1. The van der Waals surface area contributed by atoms with Crippen molar-refractivity contribution >= 4 is 11.6 Å². The number of methoxy groups -OCH3 is 1. The van der Waals surface area contributed by atoms with Gasteiger partial charge in [0.2, 0.25) is 5.91 Å². The topological polar surface area (TPSA) is 67.7 Å². The molecule has 2 aromatic carbocycles. The van der Waals surface area contributed by atoms with E-state index in [1.165, 1.54) is 23.0 Å². The van der Waals surface area contributed by atoms with Gasteiger partial charge in [0, 0.05) is 37.8 Å². The molecule has 7 nitrogen and oxygen atoms in total. The molecule has 4 rings (SSSR count). The third-order valence-corrected chi connectivity index (χ3v) is 5.39. The Balaban J connectivity index is 1.41. The lowest BCUT2D eigenvalue weighted by Gasteiger charge is -2.36. The molecule has 0 aliphatic carbocycles. The first-order valence-corrected chi connectivity index (χ1v) is 10.0. The summed E-state index contributed by atoms with van der Waals surface area (Å²) >= 11 is 0. The summed E-state index contributed by atoms with van der Waals surface area (Å²) in [5, 5.41) is 0. The predicted octanol–water partition coefficient (Wildman–Crippen LogP) is 2.41. The summed E-state index contributed by atoms with van der Waals surface area (Å²) in [6, 6.07) is 15.3. The first-order chi connectivity index (χ1) is 15.1. The van der Waals surface area contributed by atoms with Crippen molar-refractivity contribution < 1.29 is 13.9 Å². The van der Waals surface area contributed by atoms with Crippen LogP contribution < -0.4 is 15.2 Å². The molecule has 31 heavy (non-hydrogen) atoms. The average molecular weight is 422 g/mol. The fraction of sp³-hybridized carbons (Fsp3) is 0.261. The largest absolute Gasteiger partial charge is 0.496 e. The Morgan fingerprint density at radius 3 is 2.48 bits per heavy atom. The maximum Gasteiger partial charge on any atom is 0.254 e. The molecule has 0 unspecified atom stereocenters. The zero-order valence-electron chi connectivity index (χ0n) is 17.2. The number of hydrogen-bond acceptors (Lipinski definition) is 5. The highest BCUT2D eigenvalue weighted by atomic mass is 19.1. The molecule has 1 aliphatic heterocycles. The lowest BCUT2D eigenvalue weighted by molar-refractivity contribution is -0.132. The van der Waals surface area contributed by atoms with Crippen molar-refractivity contribution in [1.82, 2.24) is 14.5 Å². The molecule has 0 bridgehead atoms. The van der Waals surface area contributed by atoms with Crippen LogP contribution in [0.15, 0.2) is 65.7 Å². The third-order valence-electron chi connectivity index (χ3n) is 5.39. The van der Waals surface area contributed by atoms with E-state index in [-0.39, 0.29) is 23.8 Å². The molecule has 0 spiro atoms. The zero-order chi connectivity index (χ0) is 21.8. The van der Waals surface area contributed by atoms with Gasteiger partial charge in [-0.3, -0.25) is 14.2 Å². The van der Waals surface area contributed by atoms with Crippen LogP contribution in [-0.2, 0) is 11.3 Å². The van der Waals surface area contributed by atoms with Crippen LogP contribution in [0, 0.1) is 5.82 Å². The fourth-order valence-corrected chi connectivity index (χ4v) is 3.70. The van der Waals surface area contributed by atoms with Gasteiger partial charge in [-0.15, -0.1) is 0 Å². The second kappa shape index (κ2) is 8.99. The number of hydrogen-bond donors (Lipinski definition) is 0. The Hall–Kier alpha value is -3.68. The minimum Gasteiger partial charge on any atom is -0.496 e. The van der Waals surface area contributed by atoms with E-state index in [0.717, 1.165) is 0 Å². The van der Waals surface area contributed by atoms with E-state index in [0.29, 0.717) is 48.9 Å². The van der Waals surface area contributed by atoms with Gasteiger partial charge in [0.1, 0.15) is 18.1 Å². The van der Waals surface area contributed by atoms with Crippen molar-refractivity contribution in [1.29, 1.82) is 0 Å². The lowest BCUT2D eigenvalue weighted by Crippen LogP contribution is -2.50. The molecule has 1 fully saturated rings. The molecule has 3 aromatic rings. The molecule has 0 radical (unpaired) electrons. The molecule has 0 N–H and O–H groups in total. The average Bonchev–Trinajstić information content (AvgIpc) is 2.81. The van der Waals surface area contributed by atoms with Crippen molar-refractivity contribution in [3.8, 4) is 17.0 Å². The highest BCUT2D eigenvalue weighted by Gasteiger charge is 2.23. The highest BCUT2D eigenvalue weighted by Crippen LogP contribution is 2.26. The summed E-state index contributed by atoms with van der Waals surface area (Å²) < 4.78 is 20.6. The number of nitrogens with zero attached hydrogens (tertiary/aromatic N) is 4. The number of carbonyl (C=O) groups is 1. The van der Waals surface area contributed by atoms with Crippen molar-refractivity contribution in [3.63, 3.8) is 0 Å². The van der Waals surface area contributed by atoms with Gasteiger partial charge < -0.3 is 14.5 Å². The molecule has 1 saturated heterocycles. The van der Waals surface area contributed by atoms with Crippen LogP contribution in [0.5, 0.6) is 5.75 Å². The highest BCUT2D eigenvalue weighted by molar-refractivity contribution is 5.76. The second-order valence-corrected chi connectivity index (χ2v) is 7.26. The molecule has 1 amide bonds. The van der Waals surface area contributed by atoms with Crippen LogP contribution in [0.1, 0.15) is 0 Å². The van der Waals surface area contributed by atoms with Crippen molar-refractivity contribution in [2.75, 3.05) is 38.2 Å². The van der Waals surface area contributed by atoms with Gasteiger partial charge >= 0.3 is 0 Å². The summed E-state index contributed by atoms with van der Waals surface area (Å²) in [5.41, 5.74) is 1.44. The van der Waals surface area contributed by atoms with Gasteiger partial charge in [0.15, 0.2) is 0 Å². The number of ether oxygens (including phenoxy) is 1. The summed E-state index contributed by atoms with van der Waals surface area (Å²) in [5.74, 6) is 0.188. The quantitative estimate of drug-likeness (QED) is 0.632. The van der Waals surface area contributed by atoms with E-state index >= 15 is 0 Å². The monoisotopic (exact) mass is 422 g/mol. The van der Waals surface area contributed by atoms with Gasteiger partial charge in [-0.2, -0.15) is 0 Å². The van der Waals surface area contributed by atoms with Gasteiger partial charge in [-0.1, -0.05) is 24.3 Å². The van der Waals surface area contributed by atoms with Crippen LogP contribution in [-0.4, -0.2) is 53.6 Å². The van der Waals surface area contributed by atoms with Gasteiger partial charge in [-0.05, 0) is 24.3 Å². The smallest absolute Gasteiger partial charge is 0.254 e. The van der Waals surface area contributed by atoms with Crippen molar-refractivity contribution in [2.24, 2.45) is 0 Å². The number of carbonyl (C=O) groups excluding carboxylic acids is 1. The van der Waals surface area contributed by atoms with E-state index < -0.39 is 0 Å². The van der Waals surface area contributed by atoms with E-state index in [1.807, 2.05) is 23.1 Å². The molecule has 1 aliphatic rings. The van der Waals surface area contributed by atoms with Crippen LogP contribution in [0.3, 0.4) is 0 Å². The summed E-state index contributed by atoms with van der Waals surface area (Å²) in [6.07, 6.45) is 1.39. The molecule has 8 heteroatoms. The summed E-state index contributed by atoms with van der Waals surface area (Å²) in [7, 11) is 1.56. The van der Waals surface area contributed by atoms with Crippen molar-refractivity contribution in [2.45, 2.75) is 6.54 Å². The van der Waals surface area contributed by atoms with Crippen LogP contribution in [0.4, 0.5) is 10.1 Å². The number of rotatable bonds is 5. The fourth-order valence-electron chi connectivity index (χ4n) is 3.70. The van der Waals surface area contributed by atoms with E-state index in [1.54, 1.807) is 36.3 Å². The van der Waals surface area contributed by atoms with E-state index in [9.17, 15) is 14.0 Å². The Morgan fingerprint density at radius 1 is 1.06 bits per heavy atom. The van der Waals surface area contributed by atoms with E-state index in [2.05, 4.69) is 4.98 Å². The first kappa shape index (κ1) is 20.6. The Morgan fingerprint density at radius 2 is 1.77 bits per heavy atom. The summed E-state index contributed by atoms with van der Waals surface area (Å²) in [4.78, 5) is 33.2. The number of para-hydroxylation sites is 2. The number of aromatic nitrogens is 2. The van der Waals surface area contributed by atoms with Crippen LogP contribution in [0.2, 0.25) is 0 Å². The number of benzene rings is 2.